The maximum Gasteiger partial charge on any atom is 0.192 e. The van der Waals surface area contributed by atoms with E-state index in [-0.39, 0.29) is 22.2 Å². The standard InChI is InChI=1S/C23H47N3O2Si2/c1-22(2,3)29(8,9)27-16-18-12-14-20(24-18)26(7)21-15-13-19(25-21)17-28-30(10,11)23(4,5)6/h18-19H,12-17H2,1-11H3/t18-,19-/m0/s1. The maximum atomic E-state index is 6.41. The Balaban J connectivity index is 1.90. The van der Waals surface area contributed by atoms with Crippen LogP contribution < -0.4 is 0 Å². The van der Waals surface area contributed by atoms with Crippen LogP contribution >= 0.6 is 0 Å². The minimum Gasteiger partial charge on any atom is -0.415 e. The minimum absolute atomic E-state index is 0.245. The third-order valence-electron chi connectivity index (χ3n) is 7.73. The Kier molecular flexibility index (Phi) is 7.86. The van der Waals surface area contributed by atoms with Crippen molar-refractivity contribution < 1.29 is 8.85 Å². The molecule has 5 nitrogen and oxygen atoms in total. The lowest BCUT2D eigenvalue weighted by Gasteiger charge is -2.36. The average Bonchev–Trinajstić information content (AvgIpc) is 3.25. The summed E-state index contributed by atoms with van der Waals surface area (Å²) in [7, 11) is -1.29. The molecule has 0 N–H and O–H groups in total. The highest BCUT2D eigenvalue weighted by Gasteiger charge is 2.39. The first kappa shape index (κ1) is 25.8. The van der Waals surface area contributed by atoms with Crippen molar-refractivity contribution in [1.82, 2.24) is 4.90 Å². The molecule has 0 aromatic heterocycles. The van der Waals surface area contributed by atoms with Crippen molar-refractivity contribution in [3.05, 3.63) is 0 Å². The molecule has 0 saturated heterocycles. The number of hydrogen-bond donors (Lipinski definition) is 0. The maximum absolute atomic E-state index is 6.41. The molecule has 30 heavy (non-hydrogen) atoms. The Morgan fingerprint density at radius 1 is 0.767 bits per heavy atom. The van der Waals surface area contributed by atoms with Gasteiger partial charge in [0.1, 0.15) is 11.7 Å². The highest BCUT2D eigenvalue weighted by Crippen LogP contribution is 2.38. The molecule has 0 aliphatic carbocycles. The number of amidine groups is 2. The molecule has 0 aromatic carbocycles. The number of nitrogens with zero attached hydrogens (tertiary/aromatic N) is 3. The highest BCUT2D eigenvalue weighted by atomic mass is 28.4. The Hall–Kier alpha value is -0.506. The predicted molar refractivity (Wildman–Crippen MR) is 135 cm³/mol. The Bertz CT molecular complexity index is 604. The van der Waals surface area contributed by atoms with E-state index < -0.39 is 16.6 Å². The Morgan fingerprint density at radius 3 is 1.40 bits per heavy atom. The van der Waals surface area contributed by atoms with E-state index in [9.17, 15) is 0 Å². The van der Waals surface area contributed by atoms with Crippen LogP contribution in [-0.4, -0.2) is 65.6 Å². The zero-order valence-electron chi connectivity index (χ0n) is 21.6. The lowest BCUT2D eigenvalue weighted by molar-refractivity contribution is 0.263. The van der Waals surface area contributed by atoms with E-state index in [0.717, 1.165) is 38.9 Å². The van der Waals surface area contributed by atoms with Crippen LogP contribution in [0.4, 0.5) is 0 Å². The fraction of sp³-hybridized carbons (Fsp3) is 0.913. The molecule has 2 rings (SSSR count). The lowest BCUT2D eigenvalue weighted by Crippen LogP contribution is -2.42. The fourth-order valence-electron chi connectivity index (χ4n) is 3.21. The van der Waals surface area contributed by atoms with Gasteiger partial charge >= 0.3 is 0 Å². The van der Waals surface area contributed by atoms with Crippen LogP contribution in [0.2, 0.25) is 36.3 Å². The molecular formula is C23H47N3O2Si2. The summed E-state index contributed by atoms with van der Waals surface area (Å²) < 4.78 is 12.8. The molecule has 0 saturated carbocycles. The van der Waals surface area contributed by atoms with Crippen molar-refractivity contribution in [2.24, 2.45) is 9.98 Å². The second kappa shape index (κ2) is 9.16. The summed E-state index contributed by atoms with van der Waals surface area (Å²) in [6.07, 6.45) is 4.21. The van der Waals surface area contributed by atoms with Gasteiger partial charge in [0, 0.05) is 19.9 Å². The lowest BCUT2D eigenvalue weighted by atomic mass is 10.2. The fourth-order valence-corrected chi connectivity index (χ4v) is 5.30. The first-order chi connectivity index (χ1) is 13.5. The van der Waals surface area contributed by atoms with Crippen LogP contribution in [-0.2, 0) is 8.85 Å². The van der Waals surface area contributed by atoms with E-state index >= 15 is 0 Å². The minimum atomic E-state index is -1.71. The first-order valence-corrected chi connectivity index (χ1v) is 17.5. The zero-order chi connectivity index (χ0) is 23.0. The largest absolute Gasteiger partial charge is 0.415 e. The topological polar surface area (TPSA) is 46.4 Å². The highest BCUT2D eigenvalue weighted by molar-refractivity contribution is 6.74. The third-order valence-corrected chi connectivity index (χ3v) is 16.7. The van der Waals surface area contributed by atoms with Gasteiger partial charge in [0.05, 0.1) is 25.3 Å². The summed E-state index contributed by atoms with van der Waals surface area (Å²) in [5.74, 6) is 2.34. The molecule has 2 heterocycles. The summed E-state index contributed by atoms with van der Waals surface area (Å²) >= 11 is 0. The van der Waals surface area contributed by atoms with Crippen LogP contribution in [0.5, 0.6) is 0 Å². The Labute approximate surface area is 188 Å². The molecule has 2 aliphatic rings. The smallest absolute Gasteiger partial charge is 0.192 e. The van der Waals surface area contributed by atoms with Gasteiger partial charge in [-0.15, -0.1) is 0 Å². The van der Waals surface area contributed by atoms with Gasteiger partial charge in [-0.3, -0.25) is 9.98 Å². The monoisotopic (exact) mass is 453 g/mol. The summed E-state index contributed by atoms with van der Waals surface area (Å²) in [6, 6.07) is 0.576. The van der Waals surface area contributed by atoms with Gasteiger partial charge in [0.15, 0.2) is 16.6 Å². The molecule has 0 amide bonds. The summed E-state index contributed by atoms with van der Waals surface area (Å²) in [5, 5.41) is 0.490. The average molecular weight is 454 g/mol. The summed E-state index contributed by atoms with van der Waals surface area (Å²) in [6.45, 7) is 24.5. The van der Waals surface area contributed by atoms with Gasteiger partial charge in [-0.25, -0.2) is 0 Å². The first-order valence-electron chi connectivity index (χ1n) is 11.7. The van der Waals surface area contributed by atoms with E-state index in [4.69, 9.17) is 18.8 Å². The molecular weight excluding hydrogens is 406 g/mol. The molecule has 7 heteroatoms. The van der Waals surface area contributed by atoms with Gasteiger partial charge in [-0.1, -0.05) is 41.5 Å². The van der Waals surface area contributed by atoms with Crippen LogP contribution in [0.25, 0.3) is 0 Å². The molecule has 2 aliphatic heterocycles. The van der Waals surface area contributed by atoms with Gasteiger partial charge in [0.25, 0.3) is 0 Å². The van der Waals surface area contributed by atoms with Crippen molar-refractivity contribution in [3.63, 3.8) is 0 Å². The van der Waals surface area contributed by atoms with Crippen LogP contribution in [0.15, 0.2) is 9.98 Å². The normalized spacial score (nSPS) is 23.6. The zero-order valence-corrected chi connectivity index (χ0v) is 23.6. The van der Waals surface area contributed by atoms with Gasteiger partial charge < -0.3 is 13.8 Å². The quantitative estimate of drug-likeness (QED) is 0.458. The van der Waals surface area contributed by atoms with E-state index in [1.165, 1.54) is 11.7 Å². The number of hydrogen-bond acceptors (Lipinski definition) is 5. The van der Waals surface area contributed by atoms with Crippen molar-refractivity contribution in [2.45, 2.75) is 116 Å². The number of aliphatic imine (C=N–C) groups is 2. The molecule has 0 aromatic rings. The van der Waals surface area contributed by atoms with Crippen molar-refractivity contribution in [1.29, 1.82) is 0 Å². The molecule has 174 valence electrons. The van der Waals surface area contributed by atoms with Crippen LogP contribution in [0, 0.1) is 0 Å². The van der Waals surface area contributed by atoms with Gasteiger partial charge in [-0.2, -0.15) is 0 Å². The molecule has 0 radical (unpaired) electrons. The Morgan fingerprint density at radius 2 is 1.10 bits per heavy atom. The predicted octanol–water partition coefficient (Wildman–Crippen LogP) is 6.08. The van der Waals surface area contributed by atoms with Gasteiger partial charge in [-0.05, 0) is 49.1 Å². The van der Waals surface area contributed by atoms with E-state index in [0.29, 0.717) is 0 Å². The second-order valence-corrected chi connectivity index (χ2v) is 21.8. The molecule has 0 unspecified atom stereocenters. The molecule has 2 atom stereocenters. The van der Waals surface area contributed by atoms with Crippen molar-refractivity contribution in [3.8, 4) is 0 Å². The van der Waals surface area contributed by atoms with E-state index in [1.54, 1.807) is 0 Å². The van der Waals surface area contributed by atoms with E-state index in [2.05, 4.69) is 79.7 Å². The van der Waals surface area contributed by atoms with Crippen LogP contribution in [0.3, 0.4) is 0 Å². The van der Waals surface area contributed by atoms with Gasteiger partial charge in [0.2, 0.25) is 0 Å². The second-order valence-electron chi connectivity index (χ2n) is 12.2. The van der Waals surface area contributed by atoms with Crippen molar-refractivity contribution >= 4 is 28.3 Å². The summed E-state index contributed by atoms with van der Waals surface area (Å²) in [4.78, 5) is 12.2. The van der Waals surface area contributed by atoms with E-state index in [1.807, 2.05) is 0 Å². The third kappa shape index (κ3) is 6.27. The molecule has 0 bridgehead atoms. The SMILES string of the molecule is CN(C1=N[C@H](CO[Si](C)(C)C(C)(C)C)CC1)C1=N[C@H](CO[Si](C)(C)C(C)(C)C)CC1. The van der Waals surface area contributed by atoms with Crippen molar-refractivity contribution in [2.75, 3.05) is 20.3 Å². The summed E-state index contributed by atoms with van der Waals surface area (Å²) in [5.41, 5.74) is 0. The number of rotatable bonds is 6. The van der Waals surface area contributed by atoms with Crippen LogP contribution in [0.1, 0.15) is 67.2 Å². The molecule has 0 fully saturated rings. The molecule has 0 spiro atoms.